The highest BCUT2D eigenvalue weighted by atomic mass is 16.5. The molecule has 1 atom stereocenters. The van der Waals surface area contributed by atoms with Crippen LogP contribution in [0, 0.1) is 0 Å². The SMILES string of the molecule is CC[C@H]1CN(Cc2ccccc2C(=O)OC)CCN1. The lowest BCUT2D eigenvalue weighted by Gasteiger charge is -2.33. The number of nitrogens with one attached hydrogen (secondary N) is 1. The molecule has 0 aliphatic carbocycles. The van der Waals surface area contributed by atoms with Gasteiger partial charge in [-0.2, -0.15) is 0 Å². The number of methoxy groups -OCH3 is 1. The molecule has 104 valence electrons. The summed E-state index contributed by atoms with van der Waals surface area (Å²) < 4.78 is 4.84. The van der Waals surface area contributed by atoms with Crippen molar-refractivity contribution in [2.75, 3.05) is 26.7 Å². The van der Waals surface area contributed by atoms with Crippen LogP contribution in [0.25, 0.3) is 0 Å². The highest BCUT2D eigenvalue weighted by Gasteiger charge is 2.19. The molecule has 0 amide bonds. The fourth-order valence-corrected chi connectivity index (χ4v) is 2.52. The zero-order valence-corrected chi connectivity index (χ0v) is 11.7. The van der Waals surface area contributed by atoms with Crippen molar-refractivity contribution in [3.05, 3.63) is 35.4 Å². The summed E-state index contributed by atoms with van der Waals surface area (Å²) in [6, 6.07) is 8.25. The Balaban J connectivity index is 2.08. The van der Waals surface area contributed by atoms with Gasteiger partial charge in [0.15, 0.2) is 0 Å². The Kier molecular flexibility index (Phi) is 4.93. The van der Waals surface area contributed by atoms with Crippen molar-refractivity contribution < 1.29 is 9.53 Å². The van der Waals surface area contributed by atoms with Crippen molar-refractivity contribution in [3.8, 4) is 0 Å². The monoisotopic (exact) mass is 262 g/mol. The number of hydrogen-bond donors (Lipinski definition) is 1. The predicted molar refractivity (Wildman–Crippen MR) is 75.1 cm³/mol. The van der Waals surface area contributed by atoms with Gasteiger partial charge in [-0.05, 0) is 18.1 Å². The van der Waals surface area contributed by atoms with E-state index in [4.69, 9.17) is 4.74 Å². The molecule has 1 heterocycles. The largest absolute Gasteiger partial charge is 0.465 e. The molecule has 0 saturated carbocycles. The number of rotatable bonds is 4. The summed E-state index contributed by atoms with van der Waals surface area (Å²) in [6.45, 7) is 6.07. The average Bonchev–Trinajstić information content (AvgIpc) is 2.47. The van der Waals surface area contributed by atoms with Gasteiger partial charge in [0.1, 0.15) is 0 Å². The van der Waals surface area contributed by atoms with Gasteiger partial charge in [0, 0.05) is 32.2 Å². The minimum atomic E-state index is -0.252. The number of ether oxygens (including phenoxy) is 1. The van der Waals surface area contributed by atoms with E-state index in [0.29, 0.717) is 11.6 Å². The van der Waals surface area contributed by atoms with E-state index in [-0.39, 0.29) is 5.97 Å². The Labute approximate surface area is 114 Å². The van der Waals surface area contributed by atoms with Crippen molar-refractivity contribution >= 4 is 5.97 Å². The third kappa shape index (κ3) is 3.55. The minimum Gasteiger partial charge on any atom is -0.465 e. The standard InChI is InChI=1S/C15H22N2O2/c1-3-13-11-17(9-8-16-13)10-12-6-4-5-7-14(12)15(18)19-2/h4-7,13,16H,3,8-11H2,1-2H3/t13-/m0/s1. The van der Waals surface area contributed by atoms with Gasteiger partial charge in [-0.15, -0.1) is 0 Å². The molecule has 0 radical (unpaired) electrons. The summed E-state index contributed by atoms with van der Waals surface area (Å²) in [5.74, 6) is -0.252. The van der Waals surface area contributed by atoms with Crippen LogP contribution in [-0.4, -0.2) is 43.7 Å². The first-order chi connectivity index (χ1) is 9.24. The molecule has 1 aromatic rings. The first kappa shape index (κ1) is 14.0. The van der Waals surface area contributed by atoms with E-state index >= 15 is 0 Å². The molecule has 1 aliphatic rings. The van der Waals surface area contributed by atoms with E-state index in [1.165, 1.54) is 7.11 Å². The number of piperazine rings is 1. The number of carbonyl (C=O) groups excluding carboxylic acids is 1. The zero-order chi connectivity index (χ0) is 13.7. The van der Waals surface area contributed by atoms with E-state index in [9.17, 15) is 4.79 Å². The van der Waals surface area contributed by atoms with Crippen molar-refractivity contribution in [2.45, 2.75) is 25.9 Å². The van der Waals surface area contributed by atoms with E-state index in [2.05, 4.69) is 17.1 Å². The summed E-state index contributed by atoms with van der Waals surface area (Å²) in [5, 5.41) is 3.50. The molecule has 1 saturated heterocycles. The maximum atomic E-state index is 11.7. The number of benzene rings is 1. The smallest absolute Gasteiger partial charge is 0.338 e. The predicted octanol–water partition coefficient (Wildman–Crippen LogP) is 1.66. The Bertz CT molecular complexity index is 434. The molecule has 1 aromatic carbocycles. The van der Waals surface area contributed by atoms with Crippen LogP contribution in [0.4, 0.5) is 0 Å². The molecule has 19 heavy (non-hydrogen) atoms. The maximum absolute atomic E-state index is 11.7. The highest BCUT2D eigenvalue weighted by molar-refractivity contribution is 5.90. The molecule has 0 bridgehead atoms. The zero-order valence-electron chi connectivity index (χ0n) is 11.7. The average molecular weight is 262 g/mol. The van der Waals surface area contributed by atoms with Crippen LogP contribution in [-0.2, 0) is 11.3 Å². The molecule has 0 spiro atoms. The second-order valence-corrected chi connectivity index (χ2v) is 4.94. The summed E-state index contributed by atoms with van der Waals surface area (Å²) in [5.41, 5.74) is 1.72. The van der Waals surface area contributed by atoms with Crippen LogP contribution in [0.3, 0.4) is 0 Å². The summed E-state index contributed by atoms with van der Waals surface area (Å²) in [7, 11) is 1.43. The van der Waals surface area contributed by atoms with Crippen molar-refractivity contribution in [1.82, 2.24) is 10.2 Å². The fraction of sp³-hybridized carbons (Fsp3) is 0.533. The molecule has 2 rings (SSSR count). The van der Waals surface area contributed by atoms with E-state index < -0.39 is 0 Å². The normalized spacial score (nSPS) is 20.2. The lowest BCUT2D eigenvalue weighted by molar-refractivity contribution is 0.0598. The van der Waals surface area contributed by atoms with Crippen LogP contribution in [0.2, 0.25) is 0 Å². The van der Waals surface area contributed by atoms with Gasteiger partial charge in [-0.25, -0.2) is 4.79 Å². The van der Waals surface area contributed by atoms with E-state index in [0.717, 1.165) is 38.2 Å². The first-order valence-corrected chi connectivity index (χ1v) is 6.86. The van der Waals surface area contributed by atoms with Gasteiger partial charge in [0.2, 0.25) is 0 Å². The molecular weight excluding hydrogens is 240 g/mol. The van der Waals surface area contributed by atoms with Gasteiger partial charge < -0.3 is 10.1 Å². The molecule has 0 aromatic heterocycles. The topological polar surface area (TPSA) is 41.6 Å². The van der Waals surface area contributed by atoms with Gasteiger partial charge in [0.25, 0.3) is 0 Å². The molecule has 4 nitrogen and oxygen atoms in total. The lowest BCUT2D eigenvalue weighted by Crippen LogP contribution is -2.49. The Morgan fingerprint density at radius 2 is 2.26 bits per heavy atom. The quantitative estimate of drug-likeness (QED) is 0.838. The molecule has 1 fully saturated rings. The van der Waals surface area contributed by atoms with Gasteiger partial charge in [-0.3, -0.25) is 4.90 Å². The summed E-state index contributed by atoms with van der Waals surface area (Å²) in [4.78, 5) is 14.1. The van der Waals surface area contributed by atoms with Crippen molar-refractivity contribution in [2.24, 2.45) is 0 Å². The minimum absolute atomic E-state index is 0.252. The third-order valence-corrected chi connectivity index (χ3v) is 3.65. The second-order valence-electron chi connectivity index (χ2n) is 4.94. The Morgan fingerprint density at radius 3 is 3.00 bits per heavy atom. The molecule has 1 aliphatic heterocycles. The number of nitrogens with zero attached hydrogens (tertiary/aromatic N) is 1. The number of hydrogen-bond acceptors (Lipinski definition) is 4. The van der Waals surface area contributed by atoms with Gasteiger partial charge in [0.05, 0.1) is 12.7 Å². The summed E-state index contributed by atoms with van der Waals surface area (Å²) in [6.07, 6.45) is 1.13. The molecule has 0 unspecified atom stereocenters. The number of carbonyl (C=O) groups is 1. The maximum Gasteiger partial charge on any atom is 0.338 e. The van der Waals surface area contributed by atoms with Crippen LogP contribution in [0.15, 0.2) is 24.3 Å². The van der Waals surface area contributed by atoms with Crippen molar-refractivity contribution in [3.63, 3.8) is 0 Å². The van der Waals surface area contributed by atoms with E-state index in [1.807, 2.05) is 24.3 Å². The Hall–Kier alpha value is -1.39. The van der Waals surface area contributed by atoms with E-state index in [1.54, 1.807) is 0 Å². The van der Waals surface area contributed by atoms with Crippen LogP contribution < -0.4 is 5.32 Å². The number of esters is 1. The Morgan fingerprint density at radius 1 is 1.47 bits per heavy atom. The summed E-state index contributed by atoms with van der Waals surface area (Å²) >= 11 is 0. The molecular formula is C15H22N2O2. The highest BCUT2D eigenvalue weighted by Crippen LogP contribution is 2.14. The van der Waals surface area contributed by atoms with Gasteiger partial charge >= 0.3 is 5.97 Å². The lowest BCUT2D eigenvalue weighted by atomic mass is 10.1. The fourth-order valence-electron chi connectivity index (χ4n) is 2.52. The second kappa shape index (κ2) is 6.68. The van der Waals surface area contributed by atoms with Gasteiger partial charge in [-0.1, -0.05) is 25.1 Å². The third-order valence-electron chi connectivity index (χ3n) is 3.65. The molecule has 1 N–H and O–H groups in total. The molecule has 4 heteroatoms. The van der Waals surface area contributed by atoms with Crippen molar-refractivity contribution in [1.29, 1.82) is 0 Å². The first-order valence-electron chi connectivity index (χ1n) is 6.86. The van der Waals surface area contributed by atoms with Crippen LogP contribution in [0.5, 0.6) is 0 Å². The van der Waals surface area contributed by atoms with Crippen LogP contribution >= 0.6 is 0 Å². The van der Waals surface area contributed by atoms with Crippen LogP contribution in [0.1, 0.15) is 29.3 Å².